The van der Waals surface area contributed by atoms with E-state index in [0.29, 0.717) is 0 Å². The number of carbonyl (C=O) groups excluding carboxylic acids is 2. The lowest BCUT2D eigenvalue weighted by molar-refractivity contribution is -0.161. The quantitative estimate of drug-likeness (QED) is 0.377. The minimum atomic E-state index is -1.04. The molecule has 0 aliphatic carbocycles. The summed E-state index contributed by atoms with van der Waals surface area (Å²) in [7, 11) is 1.51. The molecule has 4 N–H and O–H groups in total. The summed E-state index contributed by atoms with van der Waals surface area (Å²) in [5.41, 5.74) is 5.91. The molecule has 0 radical (unpaired) electrons. The molecule has 2 aliphatic heterocycles. The Bertz CT molecular complexity index is 777. The van der Waals surface area contributed by atoms with Gasteiger partial charge < -0.3 is 21.1 Å². The summed E-state index contributed by atoms with van der Waals surface area (Å²) >= 11 is 2.76. The molecule has 10 heteroatoms. The van der Waals surface area contributed by atoms with E-state index in [1.807, 2.05) is 11.4 Å². The van der Waals surface area contributed by atoms with Crippen molar-refractivity contribution < 1.29 is 19.5 Å². The number of aliphatic carboxylic acids is 1. The lowest BCUT2D eigenvalue weighted by atomic mass is 9.95. The number of fused-ring (bicyclic) bond motifs is 1. The Morgan fingerprint density at radius 3 is 2.69 bits per heavy atom. The normalized spacial score (nSPS) is 28.3. The minimum Gasteiger partial charge on any atom is -0.480 e. The van der Waals surface area contributed by atoms with Gasteiger partial charge in [-0.1, -0.05) is 6.07 Å². The number of nitrogens with one attached hydrogen (secondary N) is 1. The van der Waals surface area contributed by atoms with Crippen molar-refractivity contribution in [3.8, 4) is 0 Å². The zero-order valence-corrected chi connectivity index (χ0v) is 16.1. The summed E-state index contributed by atoms with van der Waals surface area (Å²) < 4.78 is -0.636. The molecule has 0 saturated carbocycles. The van der Waals surface area contributed by atoms with Crippen LogP contribution in [0.5, 0.6) is 0 Å². The molecule has 3 heterocycles. The molecule has 4 atom stereocenters. The van der Waals surface area contributed by atoms with Crippen molar-refractivity contribution in [1.82, 2.24) is 10.2 Å². The number of amidine groups is 1. The Hall–Kier alpha value is -2.07. The van der Waals surface area contributed by atoms with Crippen LogP contribution in [-0.4, -0.2) is 62.9 Å². The fourth-order valence-electron chi connectivity index (χ4n) is 3.38. The van der Waals surface area contributed by atoms with Crippen molar-refractivity contribution in [2.24, 2.45) is 10.7 Å². The molecule has 2 fully saturated rings. The first-order valence-electron chi connectivity index (χ1n) is 7.97. The van der Waals surface area contributed by atoms with Gasteiger partial charge >= 0.3 is 5.97 Å². The van der Waals surface area contributed by atoms with Crippen LogP contribution in [0.2, 0.25) is 0 Å². The maximum atomic E-state index is 12.8. The van der Waals surface area contributed by atoms with Crippen LogP contribution >= 0.6 is 23.1 Å². The summed E-state index contributed by atoms with van der Waals surface area (Å²) in [6.07, 6.45) is 0. The van der Waals surface area contributed by atoms with Gasteiger partial charge in [-0.3, -0.25) is 14.6 Å². The number of carboxylic acid groups (broad SMARTS) is 1. The summed E-state index contributed by atoms with van der Waals surface area (Å²) in [5.74, 6) is -2.44. The van der Waals surface area contributed by atoms with E-state index in [0.717, 1.165) is 4.88 Å². The van der Waals surface area contributed by atoms with E-state index in [-0.39, 0.29) is 11.7 Å². The van der Waals surface area contributed by atoms with E-state index < -0.39 is 40.0 Å². The molecule has 1 aromatic rings. The number of rotatable bonds is 5. The SMILES string of the molecule is CN=C(N)C(C(=O)N[C@@H]1C(=O)N2[C@@H]1SC(C)(C)[C@@H]2C(=O)O)c1cccs1. The topological polar surface area (TPSA) is 125 Å². The van der Waals surface area contributed by atoms with Crippen LogP contribution in [0.1, 0.15) is 24.6 Å². The van der Waals surface area contributed by atoms with Gasteiger partial charge in [0.05, 0.1) is 0 Å². The highest BCUT2D eigenvalue weighted by molar-refractivity contribution is 8.01. The molecule has 2 amide bonds. The highest BCUT2D eigenvalue weighted by atomic mass is 32.2. The molecule has 2 aliphatic rings. The first-order valence-corrected chi connectivity index (χ1v) is 9.73. The molecule has 140 valence electrons. The Morgan fingerprint density at radius 1 is 1.46 bits per heavy atom. The fourth-order valence-corrected chi connectivity index (χ4v) is 5.84. The number of carbonyl (C=O) groups is 3. The maximum absolute atomic E-state index is 12.8. The summed E-state index contributed by atoms with van der Waals surface area (Å²) in [5, 5.41) is 13.6. The number of hydrogen-bond donors (Lipinski definition) is 3. The van der Waals surface area contributed by atoms with E-state index in [1.165, 1.54) is 35.0 Å². The van der Waals surface area contributed by atoms with Crippen LogP contribution in [0.3, 0.4) is 0 Å². The van der Waals surface area contributed by atoms with E-state index in [4.69, 9.17) is 5.73 Å². The van der Waals surface area contributed by atoms with Crippen molar-refractivity contribution in [2.45, 2.75) is 42.0 Å². The fraction of sp³-hybridized carbons (Fsp3) is 0.500. The Balaban J connectivity index is 1.79. The van der Waals surface area contributed by atoms with Crippen LogP contribution in [0.15, 0.2) is 22.5 Å². The van der Waals surface area contributed by atoms with Crippen molar-refractivity contribution >= 4 is 46.7 Å². The third kappa shape index (κ3) is 2.86. The number of thiophene rings is 1. The first kappa shape index (κ1) is 18.7. The summed E-state index contributed by atoms with van der Waals surface area (Å²) in [6, 6.07) is 1.93. The van der Waals surface area contributed by atoms with Gasteiger partial charge in [-0.15, -0.1) is 23.1 Å². The van der Waals surface area contributed by atoms with E-state index >= 15 is 0 Å². The van der Waals surface area contributed by atoms with Crippen LogP contribution in [0, 0.1) is 0 Å². The second-order valence-electron chi connectivity index (χ2n) is 6.68. The number of amides is 2. The van der Waals surface area contributed by atoms with Gasteiger partial charge in [0.15, 0.2) is 0 Å². The zero-order valence-electron chi connectivity index (χ0n) is 14.5. The molecule has 0 bridgehead atoms. The molecule has 2 saturated heterocycles. The molecule has 8 nitrogen and oxygen atoms in total. The van der Waals surface area contributed by atoms with Crippen molar-refractivity contribution in [3.05, 3.63) is 22.4 Å². The molecule has 26 heavy (non-hydrogen) atoms. The van der Waals surface area contributed by atoms with Gasteiger partial charge in [0.2, 0.25) is 11.8 Å². The third-order valence-corrected chi connectivity index (χ3v) is 7.13. The summed E-state index contributed by atoms with van der Waals surface area (Å²) in [4.78, 5) is 42.8. The monoisotopic (exact) mass is 396 g/mol. The lowest BCUT2D eigenvalue weighted by Crippen LogP contribution is -2.71. The number of nitrogens with zero attached hydrogens (tertiary/aromatic N) is 2. The Kier molecular flexibility index (Phi) is 4.74. The Morgan fingerprint density at radius 2 is 2.15 bits per heavy atom. The molecule has 0 spiro atoms. The third-order valence-electron chi connectivity index (χ3n) is 4.62. The number of aliphatic imine (C=N–C) groups is 1. The predicted molar refractivity (Wildman–Crippen MR) is 100 cm³/mol. The van der Waals surface area contributed by atoms with Gasteiger partial charge in [0.1, 0.15) is 29.2 Å². The second kappa shape index (κ2) is 6.58. The van der Waals surface area contributed by atoms with Crippen LogP contribution in [0.4, 0.5) is 0 Å². The maximum Gasteiger partial charge on any atom is 0.327 e. The zero-order chi connectivity index (χ0) is 19.2. The Labute approximate surface area is 158 Å². The molecular weight excluding hydrogens is 376 g/mol. The van der Waals surface area contributed by atoms with Crippen LogP contribution in [0.25, 0.3) is 0 Å². The van der Waals surface area contributed by atoms with Crippen LogP contribution < -0.4 is 11.1 Å². The van der Waals surface area contributed by atoms with E-state index in [9.17, 15) is 19.5 Å². The molecule has 1 aromatic heterocycles. The van der Waals surface area contributed by atoms with Gasteiger partial charge in [-0.2, -0.15) is 0 Å². The highest BCUT2D eigenvalue weighted by Crippen LogP contribution is 2.50. The average Bonchev–Trinajstić information content (AvgIpc) is 3.17. The van der Waals surface area contributed by atoms with Gasteiger partial charge in [-0.25, -0.2) is 4.79 Å². The summed E-state index contributed by atoms with van der Waals surface area (Å²) in [6.45, 7) is 3.58. The molecule has 0 aromatic carbocycles. The van der Waals surface area contributed by atoms with Gasteiger partial charge in [0.25, 0.3) is 0 Å². The highest BCUT2D eigenvalue weighted by Gasteiger charge is 2.64. The molecule has 3 rings (SSSR count). The second-order valence-corrected chi connectivity index (χ2v) is 9.43. The standard InChI is InChI=1S/C16H20N4O4S2/c1-16(2)10(15(23)24)20-13(22)9(14(20)26-16)19-12(21)8(11(17)18-3)7-5-4-6-25-7/h4-6,8-10,14H,1-3H3,(H2,17,18)(H,19,21)(H,23,24)/t8?,9-,10+,14-/m1/s1. The van der Waals surface area contributed by atoms with Gasteiger partial charge in [0, 0.05) is 16.7 Å². The van der Waals surface area contributed by atoms with Crippen molar-refractivity contribution in [3.63, 3.8) is 0 Å². The van der Waals surface area contributed by atoms with E-state index in [1.54, 1.807) is 19.9 Å². The number of β-lactam (4-membered cyclic amide) rings is 1. The van der Waals surface area contributed by atoms with Gasteiger partial charge in [-0.05, 0) is 25.3 Å². The largest absolute Gasteiger partial charge is 0.480 e. The lowest BCUT2D eigenvalue weighted by Gasteiger charge is -2.43. The average molecular weight is 396 g/mol. The molecule has 1 unspecified atom stereocenters. The van der Waals surface area contributed by atoms with E-state index in [2.05, 4.69) is 10.3 Å². The van der Waals surface area contributed by atoms with Crippen molar-refractivity contribution in [1.29, 1.82) is 0 Å². The number of carboxylic acids is 1. The minimum absolute atomic E-state index is 0.163. The predicted octanol–water partition coefficient (Wildman–Crippen LogP) is 0.450. The number of nitrogens with two attached hydrogens (primary N) is 1. The first-order chi connectivity index (χ1) is 12.2. The number of hydrogen-bond acceptors (Lipinski definition) is 6. The number of thioether (sulfide) groups is 1. The smallest absolute Gasteiger partial charge is 0.327 e. The van der Waals surface area contributed by atoms with Crippen LogP contribution in [-0.2, 0) is 14.4 Å². The molecular formula is C16H20N4O4S2. The van der Waals surface area contributed by atoms with Crippen molar-refractivity contribution in [2.75, 3.05) is 7.05 Å².